The molecular formula is C16H26N2O. The fraction of sp³-hybridized carbons (Fsp3) is 0.625. The Hall–Kier alpha value is -1.22. The molecule has 1 aromatic carbocycles. The standard InChI is InChI=1S/C16H26N2O/c1-4-16(2,12-17-3)13-18-10-7-11-19-15-9-6-5-8-14(15)18/h5-6,8-9,17H,4,7,10-13H2,1-3H3. The van der Waals surface area contributed by atoms with Gasteiger partial charge in [0.2, 0.25) is 0 Å². The largest absolute Gasteiger partial charge is 0.491 e. The number of nitrogens with zero attached hydrogens (tertiary/aromatic N) is 1. The Labute approximate surface area is 116 Å². The second-order valence-electron chi connectivity index (χ2n) is 5.79. The summed E-state index contributed by atoms with van der Waals surface area (Å²) in [6, 6.07) is 8.40. The molecule has 3 nitrogen and oxygen atoms in total. The highest BCUT2D eigenvalue weighted by Gasteiger charge is 2.26. The van der Waals surface area contributed by atoms with E-state index >= 15 is 0 Å². The van der Waals surface area contributed by atoms with Crippen LogP contribution in [-0.4, -0.2) is 33.3 Å². The maximum absolute atomic E-state index is 5.83. The van der Waals surface area contributed by atoms with Crippen LogP contribution in [0, 0.1) is 5.41 Å². The molecule has 1 aromatic rings. The maximum Gasteiger partial charge on any atom is 0.142 e. The first-order valence-electron chi connectivity index (χ1n) is 7.30. The van der Waals surface area contributed by atoms with Crippen molar-refractivity contribution in [1.82, 2.24) is 5.32 Å². The Morgan fingerprint density at radius 2 is 2.16 bits per heavy atom. The van der Waals surface area contributed by atoms with Crippen LogP contribution in [-0.2, 0) is 0 Å². The summed E-state index contributed by atoms with van der Waals surface area (Å²) in [4.78, 5) is 2.49. The summed E-state index contributed by atoms with van der Waals surface area (Å²) in [5.41, 5.74) is 1.54. The van der Waals surface area contributed by atoms with Gasteiger partial charge in [0.25, 0.3) is 0 Å². The zero-order valence-electron chi connectivity index (χ0n) is 12.4. The zero-order valence-corrected chi connectivity index (χ0v) is 12.4. The molecule has 0 saturated heterocycles. The SMILES string of the molecule is CCC(C)(CNC)CN1CCCOc2ccccc21. The third-order valence-electron chi connectivity index (χ3n) is 4.07. The molecular weight excluding hydrogens is 236 g/mol. The second kappa shape index (κ2) is 6.29. The van der Waals surface area contributed by atoms with Crippen molar-refractivity contribution in [3.8, 4) is 5.75 Å². The van der Waals surface area contributed by atoms with Gasteiger partial charge in [-0.15, -0.1) is 0 Å². The fourth-order valence-electron chi connectivity index (χ4n) is 2.74. The number of para-hydroxylation sites is 2. The molecule has 1 atom stereocenters. The molecule has 19 heavy (non-hydrogen) atoms. The minimum Gasteiger partial charge on any atom is -0.491 e. The van der Waals surface area contributed by atoms with Crippen LogP contribution in [0.2, 0.25) is 0 Å². The van der Waals surface area contributed by atoms with E-state index < -0.39 is 0 Å². The van der Waals surface area contributed by atoms with Crippen molar-refractivity contribution in [3.63, 3.8) is 0 Å². The van der Waals surface area contributed by atoms with Gasteiger partial charge in [0.05, 0.1) is 12.3 Å². The van der Waals surface area contributed by atoms with Gasteiger partial charge in [-0.25, -0.2) is 0 Å². The van der Waals surface area contributed by atoms with Crippen LogP contribution >= 0.6 is 0 Å². The number of fused-ring (bicyclic) bond motifs is 1. The summed E-state index contributed by atoms with van der Waals surface area (Å²) in [7, 11) is 2.04. The van der Waals surface area contributed by atoms with Gasteiger partial charge in [-0.05, 0) is 37.4 Å². The second-order valence-corrected chi connectivity index (χ2v) is 5.79. The Balaban J connectivity index is 2.19. The van der Waals surface area contributed by atoms with E-state index in [1.807, 2.05) is 7.05 Å². The highest BCUT2D eigenvalue weighted by molar-refractivity contribution is 5.59. The summed E-state index contributed by atoms with van der Waals surface area (Å²) in [5, 5.41) is 3.33. The quantitative estimate of drug-likeness (QED) is 0.883. The van der Waals surface area contributed by atoms with Gasteiger partial charge >= 0.3 is 0 Å². The van der Waals surface area contributed by atoms with Crippen molar-refractivity contribution in [2.45, 2.75) is 26.7 Å². The lowest BCUT2D eigenvalue weighted by molar-refractivity contribution is 0.301. The number of ether oxygens (including phenoxy) is 1. The summed E-state index contributed by atoms with van der Waals surface area (Å²) in [6.07, 6.45) is 2.27. The Bertz CT molecular complexity index is 407. The van der Waals surface area contributed by atoms with E-state index in [4.69, 9.17) is 4.74 Å². The molecule has 0 aromatic heterocycles. The molecule has 0 aliphatic carbocycles. The summed E-state index contributed by atoms with van der Waals surface area (Å²) < 4.78 is 5.83. The number of hydrogen-bond donors (Lipinski definition) is 1. The minimum absolute atomic E-state index is 0.298. The number of hydrogen-bond acceptors (Lipinski definition) is 3. The molecule has 3 heteroatoms. The van der Waals surface area contributed by atoms with E-state index in [2.05, 4.69) is 48.3 Å². The molecule has 1 N–H and O–H groups in total. The molecule has 0 radical (unpaired) electrons. The summed E-state index contributed by atoms with van der Waals surface area (Å²) >= 11 is 0. The lowest BCUT2D eigenvalue weighted by Crippen LogP contribution is -2.41. The van der Waals surface area contributed by atoms with Crippen LogP contribution in [0.4, 0.5) is 5.69 Å². The average molecular weight is 262 g/mol. The van der Waals surface area contributed by atoms with Crippen LogP contribution in [0.3, 0.4) is 0 Å². The molecule has 0 amide bonds. The van der Waals surface area contributed by atoms with Crippen molar-refractivity contribution in [2.24, 2.45) is 5.41 Å². The van der Waals surface area contributed by atoms with Crippen molar-refractivity contribution in [1.29, 1.82) is 0 Å². The van der Waals surface area contributed by atoms with Crippen molar-refractivity contribution >= 4 is 5.69 Å². The third kappa shape index (κ3) is 3.41. The topological polar surface area (TPSA) is 24.5 Å². The van der Waals surface area contributed by atoms with E-state index in [0.717, 1.165) is 38.4 Å². The number of nitrogens with one attached hydrogen (secondary N) is 1. The van der Waals surface area contributed by atoms with Gasteiger partial charge in [0.1, 0.15) is 5.75 Å². The summed E-state index contributed by atoms with van der Waals surface area (Å²) in [6.45, 7) is 8.65. The molecule has 106 valence electrons. The van der Waals surface area contributed by atoms with E-state index in [1.54, 1.807) is 0 Å². The first-order chi connectivity index (χ1) is 9.18. The molecule has 1 heterocycles. The molecule has 0 fully saturated rings. The van der Waals surface area contributed by atoms with Gasteiger partial charge in [-0.2, -0.15) is 0 Å². The van der Waals surface area contributed by atoms with Crippen LogP contribution < -0.4 is 15.0 Å². The Morgan fingerprint density at radius 1 is 1.37 bits per heavy atom. The lowest BCUT2D eigenvalue weighted by atomic mass is 9.86. The van der Waals surface area contributed by atoms with Crippen molar-refractivity contribution < 1.29 is 4.74 Å². The molecule has 0 spiro atoms. The molecule has 1 aliphatic heterocycles. The monoisotopic (exact) mass is 262 g/mol. The Kier molecular flexibility index (Phi) is 4.70. The lowest BCUT2D eigenvalue weighted by Gasteiger charge is -2.35. The third-order valence-corrected chi connectivity index (χ3v) is 4.07. The predicted octanol–water partition coefficient (Wildman–Crippen LogP) is 2.91. The van der Waals surface area contributed by atoms with Gasteiger partial charge < -0.3 is 15.0 Å². The molecule has 1 unspecified atom stereocenters. The average Bonchev–Trinajstić information content (AvgIpc) is 2.62. The van der Waals surface area contributed by atoms with Crippen LogP contribution in [0.1, 0.15) is 26.7 Å². The molecule has 0 saturated carbocycles. The highest BCUT2D eigenvalue weighted by atomic mass is 16.5. The highest BCUT2D eigenvalue weighted by Crippen LogP contribution is 2.33. The van der Waals surface area contributed by atoms with E-state index in [-0.39, 0.29) is 0 Å². The molecule has 1 aliphatic rings. The van der Waals surface area contributed by atoms with Crippen molar-refractivity contribution in [3.05, 3.63) is 24.3 Å². The van der Waals surface area contributed by atoms with E-state index in [9.17, 15) is 0 Å². The fourth-order valence-corrected chi connectivity index (χ4v) is 2.74. The smallest absolute Gasteiger partial charge is 0.142 e. The maximum atomic E-state index is 5.83. The van der Waals surface area contributed by atoms with Gasteiger partial charge in [0.15, 0.2) is 0 Å². The van der Waals surface area contributed by atoms with Crippen LogP contribution in [0.15, 0.2) is 24.3 Å². The van der Waals surface area contributed by atoms with E-state index in [1.165, 1.54) is 12.1 Å². The van der Waals surface area contributed by atoms with Gasteiger partial charge in [-0.1, -0.05) is 26.0 Å². The first kappa shape index (κ1) is 14.2. The first-order valence-corrected chi connectivity index (χ1v) is 7.30. The van der Waals surface area contributed by atoms with Crippen molar-refractivity contribution in [2.75, 3.05) is 38.2 Å². The van der Waals surface area contributed by atoms with Gasteiger partial charge in [0, 0.05) is 19.6 Å². The Morgan fingerprint density at radius 3 is 2.89 bits per heavy atom. The van der Waals surface area contributed by atoms with Crippen LogP contribution in [0.25, 0.3) is 0 Å². The predicted molar refractivity (Wildman–Crippen MR) is 81.1 cm³/mol. The summed E-state index contributed by atoms with van der Waals surface area (Å²) in [5.74, 6) is 1.03. The molecule has 0 bridgehead atoms. The number of rotatable bonds is 5. The van der Waals surface area contributed by atoms with Gasteiger partial charge in [-0.3, -0.25) is 0 Å². The minimum atomic E-state index is 0.298. The number of anilines is 1. The van der Waals surface area contributed by atoms with Crippen LogP contribution in [0.5, 0.6) is 5.75 Å². The van der Waals surface area contributed by atoms with E-state index in [0.29, 0.717) is 5.41 Å². The molecule has 2 rings (SSSR count). The normalized spacial score (nSPS) is 18.2. The number of benzene rings is 1. The zero-order chi connectivity index (χ0) is 13.7.